The molecule has 2 rings (SSSR count). The van der Waals surface area contributed by atoms with Crippen molar-refractivity contribution in [3.63, 3.8) is 0 Å². The number of sulfonamides is 1. The molecule has 0 aliphatic rings. The van der Waals surface area contributed by atoms with Crippen LogP contribution in [0, 0.1) is 6.92 Å². The van der Waals surface area contributed by atoms with E-state index in [9.17, 15) is 13.2 Å². The first-order valence-corrected chi connectivity index (χ1v) is 10.3. The van der Waals surface area contributed by atoms with E-state index in [1.807, 2.05) is 26.8 Å². The number of nitrogens with zero attached hydrogens (tertiary/aromatic N) is 1. The fourth-order valence-corrected chi connectivity index (χ4v) is 4.01. The second kappa shape index (κ2) is 8.90. The Labute approximate surface area is 161 Å². The zero-order valence-electron chi connectivity index (χ0n) is 16.1. The first kappa shape index (κ1) is 20.8. The van der Waals surface area contributed by atoms with Crippen molar-refractivity contribution >= 4 is 21.6 Å². The number of amides is 1. The van der Waals surface area contributed by atoms with E-state index in [1.165, 1.54) is 19.2 Å². The third-order valence-corrected chi connectivity index (χ3v) is 6.02. The van der Waals surface area contributed by atoms with Crippen LogP contribution in [0.4, 0.5) is 5.69 Å². The molecule has 1 atom stereocenters. The molecule has 0 spiro atoms. The Morgan fingerprint density at radius 1 is 1.19 bits per heavy atom. The summed E-state index contributed by atoms with van der Waals surface area (Å²) in [5.74, 6) is 0.0175. The number of nitrogens with one attached hydrogen (secondary N) is 1. The van der Waals surface area contributed by atoms with Gasteiger partial charge in [0.25, 0.3) is 10.0 Å². The lowest BCUT2D eigenvalue weighted by Crippen LogP contribution is -2.43. The molecule has 0 aliphatic heterocycles. The standard InChI is InChI=1S/C20H26N2O4S/c1-5-16(3)21-20(23)14-22(18-13-15(2)11-12-19(18)26-4)27(24,25)17-9-7-6-8-10-17/h6-13,16H,5,14H2,1-4H3,(H,21,23). The summed E-state index contributed by atoms with van der Waals surface area (Å²) in [4.78, 5) is 12.6. The Bertz CT molecular complexity index is 882. The number of carbonyl (C=O) groups excluding carboxylic acids is 1. The van der Waals surface area contributed by atoms with Gasteiger partial charge < -0.3 is 10.1 Å². The molecule has 0 bridgehead atoms. The van der Waals surface area contributed by atoms with Crippen molar-refractivity contribution in [2.75, 3.05) is 18.0 Å². The molecular weight excluding hydrogens is 364 g/mol. The fraction of sp³-hybridized carbons (Fsp3) is 0.350. The number of rotatable bonds is 8. The lowest BCUT2D eigenvalue weighted by Gasteiger charge is -2.26. The molecule has 0 heterocycles. The minimum Gasteiger partial charge on any atom is -0.495 e. The van der Waals surface area contributed by atoms with Crippen LogP contribution in [-0.2, 0) is 14.8 Å². The Morgan fingerprint density at radius 3 is 2.44 bits per heavy atom. The van der Waals surface area contributed by atoms with Crippen molar-refractivity contribution in [2.24, 2.45) is 0 Å². The van der Waals surface area contributed by atoms with Gasteiger partial charge >= 0.3 is 0 Å². The number of anilines is 1. The number of aryl methyl sites for hydroxylation is 1. The number of carbonyl (C=O) groups is 1. The average Bonchev–Trinajstić information content (AvgIpc) is 2.66. The lowest BCUT2D eigenvalue weighted by atomic mass is 10.2. The first-order chi connectivity index (χ1) is 12.8. The van der Waals surface area contributed by atoms with Crippen molar-refractivity contribution in [1.29, 1.82) is 0 Å². The van der Waals surface area contributed by atoms with Gasteiger partial charge in [0.1, 0.15) is 12.3 Å². The van der Waals surface area contributed by atoms with Gasteiger partial charge in [0, 0.05) is 6.04 Å². The highest BCUT2D eigenvalue weighted by atomic mass is 32.2. The minimum absolute atomic E-state index is 0.0433. The van der Waals surface area contributed by atoms with Crippen LogP contribution < -0.4 is 14.4 Å². The molecule has 0 saturated heterocycles. The molecule has 6 nitrogen and oxygen atoms in total. The van der Waals surface area contributed by atoms with Crippen LogP contribution in [-0.4, -0.2) is 34.0 Å². The van der Waals surface area contributed by atoms with E-state index in [0.717, 1.165) is 16.3 Å². The quantitative estimate of drug-likeness (QED) is 0.751. The molecule has 0 radical (unpaired) electrons. The summed E-state index contributed by atoms with van der Waals surface area (Å²) in [7, 11) is -2.48. The molecule has 146 valence electrons. The Kier molecular flexibility index (Phi) is 6.85. The van der Waals surface area contributed by atoms with Crippen LogP contribution in [0.15, 0.2) is 53.4 Å². The van der Waals surface area contributed by atoms with Crippen molar-refractivity contribution in [3.8, 4) is 5.75 Å². The Hall–Kier alpha value is -2.54. The molecule has 0 aromatic heterocycles. The van der Waals surface area contributed by atoms with E-state index in [2.05, 4.69) is 5.32 Å². The maximum Gasteiger partial charge on any atom is 0.264 e. The predicted molar refractivity (Wildman–Crippen MR) is 107 cm³/mol. The van der Waals surface area contributed by atoms with E-state index >= 15 is 0 Å². The molecule has 1 unspecified atom stereocenters. The van der Waals surface area contributed by atoms with Crippen LogP contribution in [0.25, 0.3) is 0 Å². The molecule has 1 N–H and O–H groups in total. The zero-order valence-corrected chi connectivity index (χ0v) is 16.9. The van der Waals surface area contributed by atoms with Crippen LogP contribution in [0.5, 0.6) is 5.75 Å². The number of methoxy groups -OCH3 is 1. The van der Waals surface area contributed by atoms with Gasteiger partial charge in [0.15, 0.2) is 0 Å². The highest BCUT2D eigenvalue weighted by Crippen LogP contribution is 2.33. The smallest absolute Gasteiger partial charge is 0.264 e. The average molecular weight is 391 g/mol. The molecule has 1 amide bonds. The lowest BCUT2D eigenvalue weighted by molar-refractivity contribution is -0.120. The molecule has 2 aromatic rings. The summed E-state index contributed by atoms with van der Waals surface area (Å²) in [5.41, 5.74) is 1.20. The fourth-order valence-electron chi connectivity index (χ4n) is 2.57. The van der Waals surface area contributed by atoms with Crippen LogP contribution in [0.3, 0.4) is 0 Å². The van der Waals surface area contributed by atoms with Gasteiger partial charge in [0.2, 0.25) is 5.91 Å². The van der Waals surface area contributed by atoms with Gasteiger partial charge in [-0.05, 0) is 50.1 Å². The number of hydrogen-bond acceptors (Lipinski definition) is 4. The largest absolute Gasteiger partial charge is 0.495 e. The summed E-state index contributed by atoms with van der Waals surface area (Å²) >= 11 is 0. The summed E-state index contributed by atoms with van der Waals surface area (Å²) in [6, 6.07) is 13.3. The van der Waals surface area contributed by atoms with Gasteiger partial charge in [-0.3, -0.25) is 9.10 Å². The monoisotopic (exact) mass is 390 g/mol. The van der Waals surface area contributed by atoms with Crippen molar-refractivity contribution in [3.05, 3.63) is 54.1 Å². The first-order valence-electron chi connectivity index (χ1n) is 8.81. The summed E-state index contributed by atoms with van der Waals surface area (Å²) in [5, 5.41) is 2.82. The maximum absolute atomic E-state index is 13.3. The molecule has 7 heteroatoms. The Balaban J connectivity index is 2.53. The van der Waals surface area contributed by atoms with Crippen molar-refractivity contribution < 1.29 is 17.9 Å². The topological polar surface area (TPSA) is 75.7 Å². The predicted octanol–water partition coefficient (Wildman–Crippen LogP) is 3.11. The Morgan fingerprint density at radius 2 is 1.85 bits per heavy atom. The van der Waals surface area contributed by atoms with Gasteiger partial charge in [-0.2, -0.15) is 0 Å². The van der Waals surface area contributed by atoms with Gasteiger partial charge in [-0.25, -0.2) is 8.42 Å². The van der Waals surface area contributed by atoms with Crippen LogP contribution >= 0.6 is 0 Å². The number of ether oxygens (including phenoxy) is 1. The van der Waals surface area contributed by atoms with Crippen molar-refractivity contribution in [1.82, 2.24) is 5.32 Å². The highest BCUT2D eigenvalue weighted by molar-refractivity contribution is 7.92. The molecule has 0 aliphatic carbocycles. The second-order valence-electron chi connectivity index (χ2n) is 6.38. The molecule has 0 fully saturated rings. The second-order valence-corrected chi connectivity index (χ2v) is 8.24. The van der Waals surface area contributed by atoms with Gasteiger partial charge in [-0.1, -0.05) is 31.2 Å². The number of benzene rings is 2. The third-order valence-electron chi connectivity index (χ3n) is 4.24. The highest BCUT2D eigenvalue weighted by Gasteiger charge is 2.29. The van der Waals surface area contributed by atoms with Gasteiger partial charge in [-0.15, -0.1) is 0 Å². The molecule has 0 saturated carbocycles. The summed E-state index contributed by atoms with van der Waals surface area (Å²) < 4.78 is 33.0. The summed E-state index contributed by atoms with van der Waals surface area (Å²) in [6.45, 7) is 5.35. The SMILES string of the molecule is CCC(C)NC(=O)CN(c1cc(C)ccc1OC)S(=O)(=O)c1ccccc1. The molecular formula is C20H26N2O4S. The van der Waals surface area contributed by atoms with Crippen molar-refractivity contribution in [2.45, 2.75) is 38.1 Å². The third kappa shape index (κ3) is 5.01. The zero-order chi connectivity index (χ0) is 20.0. The molecule has 27 heavy (non-hydrogen) atoms. The van der Waals surface area contributed by atoms with Crippen LogP contribution in [0.2, 0.25) is 0 Å². The molecule has 2 aromatic carbocycles. The minimum atomic E-state index is -3.95. The van der Waals surface area contributed by atoms with Crippen LogP contribution in [0.1, 0.15) is 25.8 Å². The van der Waals surface area contributed by atoms with E-state index in [-0.39, 0.29) is 23.4 Å². The van der Waals surface area contributed by atoms with E-state index < -0.39 is 10.0 Å². The maximum atomic E-state index is 13.3. The van der Waals surface area contributed by atoms with E-state index in [0.29, 0.717) is 11.4 Å². The number of hydrogen-bond donors (Lipinski definition) is 1. The van der Waals surface area contributed by atoms with E-state index in [1.54, 1.807) is 30.3 Å². The summed E-state index contributed by atoms with van der Waals surface area (Å²) in [6.07, 6.45) is 0.755. The normalized spacial score (nSPS) is 12.3. The van der Waals surface area contributed by atoms with Gasteiger partial charge in [0.05, 0.1) is 17.7 Å². The van der Waals surface area contributed by atoms with E-state index in [4.69, 9.17) is 4.74 Å².